The van der Waals surface area contributed by atoms with Gasteiger partial charge in [0.1, 0.15) is 0 Å². The molecule has 2 N–H and O–H groups in total. The lowest BCUT2D eigenvalue weighted by atomic mass is 10.1. The standard InChI is InChI=1S/C12H15N3O3/c1-8-2-3-9(6-11(8)15(17)18)14-10-4-5-12(16)13-7-10/h2-3,6,10,14H,4-5,7H2,1H3,(H,13,16). The number of carbonyl (C=O) groups is 1. The van der Waals surface area contributed by atoms with Gasteiger partial charge in [-0.2, -0.15) is 0 Å². The lowest BCUT2D eigenvalue weighted by Crippen LogP contribution is -2.41. The van der Waals surface area contributed by atoms with Crippen LogP contribution in [0.1, 0.15) is 18.4 Å². The molecule has 1 saturated heterocycles. The fraction of sp³-hybridized carbons (Fsp3) is 0.417. The van der Waals surface area contributed by atoms with Gasteiger partial charge in [0.15, 0.2) is 0 Å². The summed E-state index contributed by atoms with van der Waals surface area (Å²) < 4.78 is 0. The number of nitrogens with one attached hydrogen (secondary N) is 2. The summed E-state index contributed by atoms with van der Waals surface area (Å²) in [6.07, 6.45) is 1.24. The number of amides is 1. The molecule has 1 heterocycles. The maximum Gasteiger partial charge on any atom is 0.274 e. The van der Waals surface area contributed by atoms with Crippen molar-refractivity contribution in [2.45, 2.75) is 25.8 Å². The van der Waals surface area contributed by atoms with E-state index in [1.807, 2.05) is 6.07 Å². The van der Waals surface area contributed by atoms with Crippen LogP contribution in [0.25, 0.3) is 0 Å². The maximum atomic E-state index is 11.0. The van der Waals surface area contributed by atoms with Gasteiger partial charge in [-0.25, -0.2) is 0 Å². The van der Waals surface area contributed by atoms with Gasteiger partial charge in [-0.05, 0) is 19.4 Å². The predicted octanol–water partition coefficient (Wildman–Crippen LogP) is 1.59. The van der Waals surface area contributed by atoms with Crippen molar-refractivity contribution in [3.63, 3.8) is 0 Å². The molecule has 0 radical (unpaired) electrons. The molecule has 1 amide bonds. The lowest BCUT2D eigenvalue weighted by Gasteiger charge is -2.24. The van der Waals surface area contributed by atoms with Gasteiger partial charge in [-0.1, -0.05) is 6.07 Å². The number of aryl methyl sites for hydroxylation is 1. The van der Waals surface area contributed by atoms with Crippen LogP contribution in [0.4, 0.5) is 11.4 Å². The molecule has 1 fully saturated rings. The van der Waals surface area contributed by atoms with Crippen molar-refractivity contribution >= 4 is 17.3 Å². The van der Waals surface area contributed by atoms with E-state index in [2.05, 4.69) is 10.6 Å². The number of anilines is 1. The molecule has 1 aromatic carbocycles. The molecule has 1 aliphatic rings. The van der Waals surface area contributed by atoms with Crippen molar-refractivity contribution < 1.29 is 9.72 Å². The Kier molecular flexibility index (Phi) is 3.45. The van der Waals surface area contributed by atoms with Crippen molar-refractivity contribution in [3.05, 3.63) is 33.9 Å². The highest BCUT2D eigenvalue weighted by Crippen LogP contribution is 2.23. The Hall–Kier alpha value is -2.11. The number of nitro benzene ring substituents is 1. The summed E-state index contributed by atoms with van der Waals surface area (Å²) in [5.74, 6) is 0.0583. The summed E-state index contributed by atoms with van der Waals surface area (Å²) in [7, 11) is 0. The summed E-state index contributed by atoms with van der Waals surface area (Å²) in [5.41, 5.74) is 1.47. The van der Waals surface area contributed by atoms with E-state index < -0.39 is 0 Å². The third-order valence-corrected chi connectivity index (χ3v) is 3.04. The zero-order valence-corrected chi connectivity index (χ0v) is 10.1. The van der Waals surface area contributed by atoms with Crippen LogP contribution in [0.3, 0.4) is 0 Å². The molecular weight excluding hydrogens is 234 g/mol. The molecule has 1 atom stereocenters. The first-order valence-corrected chi connectivity index (χ1v) is 5.84. The van der Waals surface area contributed by atoms with E-state index in [1.54, 1.807) is 13.0 Å². The Bertz CT molecular complexity index is 477. The summed E-state index contributed by atoms with van der Waals surface area (Å²) >= 11 is 0. The van der Waals surface area contributed by atoms with E-state index in [9.17, 15) is 14.9 Å². The second-order valence-electron chi connectivity index (χ2n) is 4.44. The smallest absolute Gasteiger partial charge is 0.274 e. The van der Waals surface area contributed by atoms with Gasteiger partial charge in [-0.3, -0.25) is 14.9 Å². The normalized spacial score (nSPS) is 19.2. The van der Waals surface area contributed by atoms with E-state index in [-0.39, 0.29) is 22.6 Å². The molecule has 1 unspecified atom stereocenters. The van der Waals surface area contributed by atoms with Crippen LogP contribution in [-0.4, -0.2) is 23.4 Å². The van der Waals surface area contributed by atoms with Crippen LogP contribution in [0.15, 0.2) is 18.2 Å². The Morgan fingerprint density at radius 2 is 2.28 bits per heavy atom. The number of benzene rings is 1. The molecule has 2 rings (SSSR count). The molecule has 96 valence electrons. The van der Waals surface area contributed by atoms with Gasteiger partial charge in [0.25, 0.3) is 5.69 Å². The minimum absolute atomic E-state index is 0.0583. The molecule has 1 aliphatic heterocycles. The highest BCUT2D eigenvalue weighted by Gasteiger charge is 2.18. The summed E-state index contributed by atoms with van der Waals surface area (Å²) in [6.45, 7) is 2.27. The van der Waals surface area contributed by atoms with Crippen molar-refractivity contribution in [1.29, 1.82) is 0 Å². The van der Waals surface area contributed by atoms with Gasteiger partial charge in [0, 0.05) is 36.3 Å². The Morgan fingerprint density at radius 1 is 1.50 bits per heavy atom. The third-order valence-electron chi connectivity index (χ3n) is 3.04. The quantitative estimate of drug-likeness (QED) is 0.629. The molecule has 0 aliphatic carbocycles. The second-order valence-corrected chi connectivity index (χ2v) is 4.44. The number of nitro groups is 1. The van der Waals surface area contributed by atoms with E-state index in [1.165, 1.54) is 6.07 Å². The van der Waals surface area contributed by atoms with Gasteiger partial charge < -0.3 is 10.6 Å². The highest BCUT2D eigenvalue weighted by atomic mass is 16.6. The number of hydrogen-bond donors (Lipinski definition) is 2. The molecular formula is C12H15N3O3. The van der Waals surface area contributed by atoms with Crippen molar-refractivity contribution in [1.82, 2.24) is 5.32 Å². The van der Waals surface area contributed by atoms with Crippen LogP contribution >= 0.6 is 0 Å². The van der Waals surface area contributed by atoms with Crippen LogP contribution < -0.4 is 10.6 Å². The third kappa shape index (κ3) is 2.77. The van der Waals surface area contributed by atoms with Gasteiger partial charge >= 0.3 is 0 Å². The predicted molar refractivity (Wildman–Crippen MR) is 67.5 cm³/mol. The van der Waals surface area contributed by atoms with E-state index in [4.69, 9.17) is 0 Å². The first-order valence-electron chi connectivity index (χ1n) is 5.84. The van der Waals surface area contributed by atoms with Crippen molar-refractivity contribution in [3.8, 4) is 0 Å². The van der Waals surface area contributed by atoms with Crippen molar-refractivity contribution in [2.75, 3.05) is 11.9 Å². The SMILES string of the molecule is Cc1ccc(NC2CCC(=O)NC2)cc1[N+](=O)[O-]. The maximum absolute atomic E-state index is 11.0. The first-order chi connectivity index (χ1) is 8.56. The molecule has 6 heteroatoms. The van der Waals surface area contributed by atoms with E-state index in [0.29, 0.717) is 24.2 Å². The minimum atomic E-state index is -0.386. The molecule has 0 bridgehead atoms. The first kappa shape index (κ1) is 12.3. The Balaban J connectivity index is 2.07. The van der Waals surface area contributed by atoms with Crippen molar-refractivity contribution in [2.24, 2.45) is 0 Å². The number of carbonyl (C=O) groups excluding carboxylic acids is 1. The minimum Gasteiger partial charge on any atom is -0.380 e. The number of piperidine rings is 1. The van der Waals surface area contributed by atoms with Crippen LogP contribution in [-0.2, 0) is 4.79 Å². The fourth-order valence-corrected chi connectivity index (χ4v) is 1.99. The summed E-state index contributed by atoms with van der Waals surface area (Å²) in [6, 6.07) is 5.21. The average molecular weight is 249 g/mol. The van der Waals surface area contributed by atoms with E-state index in [0.717, 1.165) is 6.42 Å². The molecule has 0 spiro atoms. The highest BCUT2D eigenvalue weighted by molar-refractivity contribution is 5.77. The van der Waals surface area contributed by atoms with Gasteiger partial charge in [0.05, 0.1) is 4.92 Å². The van der Waals surface area contributed by atoms with Crippen LogP contribution in [0, 0.1) is 17.0 Å². The summed E-state index contributed by atoms with van der Waals surface area (Å²) in [4.78, 5) is 21.5. The summed E-state index contributed by atoms with van der Waals surface area (Å²) in [5, 5.41) is 16.8. The lowest BCUT2D eigenvalue weighted by molar-refractivity contribution is -0.385. The molecule has 18 heavy (non-hydrogen) atoms. The largest absolute Gasteiger partial charge is 0.380 e. The Labute approximate surface area is 105 Å². The molecule has 0 saturated carbocycles. The number of nitrogens with zero attached hydrogens (tertiary/aromatic N) is 1. The number of hydrogen-bond acceptors (Lipinski definition) is 4. The fourth-order valence-electron chi connectivity index (χ4n) is 1.99. The zero-order valence-electron chi connectivity index (χ0n) is 10.1. The molecule has 6 nitrogen and oxygen atoms in total. The second kappa shape index (κ2) is 5.03. The zero-order chi connectivity index (χ0) is 13.1. The van der Waals surface area contributed by atoms with E-state index >= 15 is 0 Å². The van der Waals surface area contributed by atoms with Crippen LogP contribution in [0.2, 0.25) is 0 Å². The number of rotatable bonds is 3. The average Bonchev–Trinajstić information content (AvgIpc) is 2.34. The topological polar surface area (TPSA) is 84.3 Å². The van der Waals surface area contributed by atoms with Gasteiger partial charge in [0.2, 0.25) is 5.91 Å². The van der Waals surface area contributed by atoms with Gasteiger partial charge in [-0.15, -0.1) is 0 Å². The molecule has 1 aromatic rings. The van der Waals surface area contributed by atoms with Crippen LogP contribution in [0.5, 0.6) is 0 Å². The monoisotopic (exact) mass is 249 g/mol. The Morgan fingerprint density at radius 3 is 2.89 bits per heavy atom. The molecule has 0 aromatic heterocycles.